The minimum absolute atomic E-state index is 0.106. The van der Waals surface area contributed by atoms with Crippen molar-refractivity contribution in [2.24, 2.45) is 0 Å². The van der Waals surface area contributed by atoms with Gasteiger partial charge in [0.05, 0.1) is 12.2 Å². The zero-order chi connectivity index (χ0) is 23.0. The molecule has 3 amide bonds. The van der Waals surface area contributed by atoms with Crippen molar-refractivity contribution >= 4 is 23.6 Å². The molecule has 0 bridgehead atoms. The van der Waals surface area contributed by atoms with Gasteiger partial charge in [-0.15, -0.1) is 0 Å². The number of piperidine rings is 2. The lowest BCUT2D eigenvalue weighted by molar-refractivity contribution is -0.134. The highest BCUT2D eigenvalue weighted by Crippen LogP contribution is 2.44. The average molecular weight is 448 g/mol. The van der Waals surface area contributed by atoms with Crippen molar-refractivity contribution < 1.29 is 28.2 Å². The van der Waals surface area contributed by atoms with Crippen LogP contribution in [0.4, 0.5) is 14.9 Å². The number of likely N-dealkylation sites (tertiary alicyclic amines) is 1. The van der Waals surface area contributed by atoms with E-state index in [9.17, 15) is 14.4 Å². The van der Waals surface area contributed by atoms with Gasteiger partial charge in [-0.05, 0) is 58.1 Å². The second kappa shape index (κ2) is 8.60. The van der Waals surface area contributed by atoms with E-state index in [0.717, 1.165) is 0 Å². The van der Waals surface area contributed by atoms with Crippen molar-refractivity contribution in [1.29, 1.82) is 0 Å². The summed E-state index contributed by atoms with van der Waals surface area (Å²) in [6.45, 7) is 7.25. The molecule has 32 heavy (non-hydrogen) atoms. The maximum Gasteiger partial charge on any atom is 0.410 e. The summed E-state index contributed by atoms with van der Waals surface area (Å²) >= 11 is 0. The summed E-state index contributed by atoms with van der Waals surface area (Å²) in [4.78, 5) is 39.9. The van der Waals surface area contributed by atoms with Crippen LogP contribution in [0.5, 0.6) is 5.75 Å². The van der Waals surface area contributed by atoms with Gasteiger partial charge >= 0.3 is 6.09 Å². The van der Waals surface area contributed by atoms with Crippen LogP contribution in [-0.2, 0) is 14.3 Å². The van der Waals surface area contributed by atoms with Crippen molar-refractivity contribution in [2.45, 2.75) is 64.0 Å². The van der Waals surface area contributed by atoms with Gasteiger partial charge in [-0.25, -0.2) is 9.18 Å². The summed E-state index contributed by atoms with van der Waals surface area (Å²) in [5.41, 5.74) is 0.617. The minimum Gasteiger partial charge on any atom is -0.489 e. The maximum absolute atomic E-state index is 15.0. The lowest BCUT2D eigenvalue weighted by Crippen LogP contribution is -2.54. The molecule has 4 rings (SSSR count). The van der Waals surface area contributed by atoms with Crippen molar-refractivity contribution in [3.63, 3.8) is 0 Å². The second-order valence-electron chi connectivity index (χ2n) is 9.56. The third-order valence-corrected chi connectivity index (χ3v) is 6.15. The number of ether oxygens (including phenoxy) is 2. The molecule has 1 unspecified atom stereocenters. The first-order valence-electron chi connectivity index (χ1n) is 11.2. The zero-order valence-corrected chi connectivity index (χ0v) is 18.8. The molecule has 0 saturated carbocycles. The van der Waals surface area contributed by atoms with E-state index in [0.29, 0.717) is 62.5 Å². The molecule has 0 aliphatic carbocycles. The average Bonchev–Trinajstić information content (AvgIpc) is 2.72. The molecule has 2 saturated heterocycles. The fourth-order valence-electron chi connectivity index (χ4n) is 4.67. The number of nitrogens with zero attached hydrogens (tertiary/aromatic N) is 2. The van der Waals surface area contributed by atoms with Crippen LogP contribution in [0, 0.1) is 5.82 Å². The Hall–Kier alpha value is -2.84. The van der Waals surface area contributed by atoms with E-state index in [1.54, 1.807) is 11.0 Å². The summed E-state index contributed by atoms with van der Waals surface area (Å²) in [6.07, 6.45) is 1.53. The van der Waals surface area contributed by atoms with E-state index in [2.05, 4.69) is 5.32 Å². The van der Waals surface area contributed by atoms with E-state index in [4.69, 9.17) is 9.47 Å². The van der Waals surface area contributed by atoms with E-state index < -0.39 is 11.6 Å². The fraction of sp³-hybridized carbons (Fsp3) is 0.609. The van der Waals surface area contributed by atoms with Crippen molar-refractivity contribution in [3.8, 4) is 5.75 Å². The number of anilines is 1. The van der Waals surface area contributed by atoms with Crippen LogP contribution in [0.15, 0.2) is 12.1 Å². The van der Waals surface area contributed by atoms with Crippen LogP contribution in [-0.4, -0.2) is 60.7 Å². The number of carbonyl (C=O) groups is 3. The number of hydrogen-bond donors (Lipinski definition) is 1. The Labute approximate surface area is 187 Å². The molecule has 0 aromatic heterocycles. The Balaban J connectivity index is 1.53. The Morgan fingerprint density at radius 2 is 1.88 bits per heavy atom. The molecule has 2 fully saturated rings. The molecule has 3 aliphatic rings. The third kappa shape index (κ3) is 4.52. The molecule has 3 heterocycles. The number of hydrogen-bond acceptors (Lipinski definition) is 6. The van der Waals surface area contributed by atoms with E-state index >= 15 is 4.39 Å². The largest absolute Gasteiger partial charge is 0.489 e. The van der Waals surface area contributed by atoms with Crippen LogP contribution in [0.3, 0.4) is 0 Å². The first-order valence-corrected chi connectivity index (χ1v) is 11.2. The normalized spacial score (nSPS) is 22.2. The molecule has 3 aliphatic heterocycles. The highest BCUT2D eigenvalue weighted by molar-refractivity contribution is 6.02. The Kier molecular flexibility index (Phi) is 6.01. The predicted molar refractivity (Wildman–Crippen MR) is 115 cm³/mol. The highest BCUT2D eigenvalue weighted by Gasteiger charge is 2.37. The molecular formula is C23H30FN3O5. The van der Waals surface area contributed by atoms with Gasteiger partial charge in [0, 0.05) is 25.1 Å². The third-order valence-electron chi connectivity index (χ3n) is 6.15. The summed E-state index contributed by atoms with van der Waals surface area (Å²) in [6, 6.07) is 2.58. The van der Waals surface area contributed by atoms with Crippen molar-refractivity contribution in [2.75, 3.05) is 31.1 Å². The molecule has 9 heteroatoms. The number of carbonyl (C=O) groups excluding carboxylic acids is 3. The van der Waals surface area contributed by atoms with E-state index in [1.165, 1.54) is 6.07 Å². The van der Waals surface area contributed by atoms with E-state index in [-0.39, 0.29) is 36.1 Å². The Bertz CT molecular complexity index is 921. The molecule has 0 radical (unpaired) electrons. The summed E-state index contributed by atoms with van der Waals surface area (Å²) in [5.74, 6) is -0.575. The fourth-order valence-corrected chi connectivity index (χ4v) is 4.67. The second-order valence-corrected chi connectivity index (χ2v) is 9.56. The van der Waals surface area contributed by atoms with Crippen molar-refractivity contribution in [3.05, 3.63) is 23.5 Å². The number of fused-ring (bicyclic) bond motifs is 1. The Morgan fingerprint density at radius 1 is 1.16 bits per heavy atom. The van der Waals surface area contributed by atoms with Gasteiger partial charge < -0.3 is 19.3 Å². The number of halogens is 1. The maximum atomic E-state index is 15.0. The predicted octanol–water partition coefficient (Wildman–Crippen LogP) is 2.94. The molecule has 174 valence electrons. The summed E-state index contributed by atoms with van der Waals surface area (Å²) < 4.78 is 26.4. The Morgan fingerprint density at radius 3 is 2.53 bits per heavy atom. The van der Waals surface area contributed by atoms with Gasteiger partial charge in [0.1, 0.15) is 29.8 Å². The summed E-state index contributed by atoms with van der Waals surface area (Å²) in [7, 11) is 0. The molecule has 8 nitrogen and oxygen atoms in total. The molecule has 1 aromatic rings. The van der Waals surface area contributed by atoms with Crippen LogP contribution in [0.2, 0.25) is 0 Å². The summed E-state index contributed by atoms with van der Waals surface area (Å²) in [5, 5.41) is 2.39. The van der Waals surface area contributed by atoms with Crippen molar-refractivity contribution in [1.82, 2.24) is 10.2 Å². The van der Waals surface area contributed by atoms with Gasteiger partial charge in [0.15, 0.2) is 0 Å². The van der Waals surface area contributed by atoms with Crippen LogP contribution < -0.4 is 15.0 Å². The van der Waals surface area contributed by atoms with Crippen LogP contribution in [0.25, 0.3) is 0 Å². The number of amides is 3. The van der Waals surface area contributed by atoms with Gasteiger partial charge in [-0.3, -0.25) is 14.9 Å². The molecular weight excluding hydrogens is 417 g/mol. The van der Waals surface area contributed by atoms with Gasteiger partial charge in [-0.1, -0.05) is 0 Å². The lowest BCUT2D eigenvalue weighted by Gasteiger charge is -2.40. The smallest absolute Gasteiger partial charge is 0.410 e. The number of rotatable bonds is 2. The van der Waals surface area contributed by atoms with Crippen LogP contribution in [0.1, 0.15) is 57.9 Å². The van der Waals surface area contributed by atoms with E-state index in [1.807, 2.05) is 25.7 Å². The molecule has 1 atom stereocenters. The quantitative estimate of drug-likeness (QED) is 0.702. The number of nitrogens with one attached hydrogen (secondary N) is 1. The molecule has 1 N–H and O–H groups in total. The van der Waals surface area contributed by atoms with Gasteiger partial charge in [-0.2, -0.15) is 0 Å². The monoisotopic (exact) mass is 447 g/mol. The topological polar surface area (TPSA) is 88.2 Å². The van der Waals surface area contributed by atoms with Gasteiger partial charge in [0.2, 0.25) is 11.8 Å². The highest BCUT2D eigenvalue weighted by atomic mass is 19.1. The first-order chi connectivity index (χ1) is 15.1. The minimum atomic E-state index is -0.564. The standard InChI is InChI=1S/C23H30FN3O5/c1-23(2,3)32-22(30)26-10-8-14(9-11-26)19-15(24)4-5-16-20(19)31-13-12-27(16)17-6-7-18(28)25-21(17)29/h4-5,14,17H,6-13H2,1-3H3,(H,25,28,29). The zero-order valence-electron chi connectivity index (χ0n) is 18.8. The molecule has 1 aromatic carbocycles. The van der Waals surface area contributed by atoms with Crippen LogP contribution >= 0.6 is 0 Å². The number of benzene rings is 1. The molecule has 0 spiro atoms. The SMILES string of the molecule is CC(C)(C)OC(=O)N1CCC(c2c(F)ccc3c2OCCN3C2CCC(=O)NC2=O)CC1. The number of imide groups is 1. The first kappa shape index (κ1) is 22.4. The van der Waals surface area contributed by atoms with Gasteiger partial charge in [0.25, 0.3) is 0 Å². The lowest BCUT2D eigenvalue weighted by atomic mass is 9.87.